The Morgan fingerprint density at radius 3 is 2.88 bits per heavy atom. The first kappa shape index (κ1) is 12.1. The van der Waals surface area contributed by atoms with Crippen LogP contribution in [-0.2, 0) is 16.1 Å². The van der Waals surface area contributed by atoms with Crippen LogP contribution in [0.15, 0.2) is 24.5 Å². The van der Waals surface area contributed by atoms with Crippen molar-refractivity contribution in [3.63, 3.8) is 0 Å². The molecule has 1 amide bonds. The van der Waals surface area contributed by atoms with Crippen LogP contribution in [0.5, 0.6) is 0 Å². The number of nitrogens with zero attached hydrogens (tertiary/aromatic N) is 2. The molecule has 5 heteroatoms. The standard InChI is InChI=1S/C12H14N2O2S/c1-9(15)17-11-6-12(16)14(8-11)7-10-2-4-13-5-3-10/h2-5,11H,6-8H2,1H3. The monoisotopic (exact) mass is 250 g/mol. The molecule has 90 valence electrons. The zero-order valence-corrected chi connectivity index (χ0v) is 10.4. The zero-order chi connectivity index (χ0) is 12.3. The average molecular weight is 250 g/mol. The fourth-order valence-corrected chi connectivity index (χ4v) is 2.86. The molecule has 1 unspecified atom stereocenters. The number of rotatable bonds is 3. The van der Waals surface area contributed by atoms with Crippen LogP contribution in [0.1, 0.15) is 18.9 Å². The second-order valence-electron chi connectivity index (χ2n) is 4.07. The summed E-state index contributed by atoms with van der Waals surface area (Å²) >= 11 is 1.27. The van der Waals surface area contributed by atoms with Gasteiger partial charge in [-0.2, -0.15) is 0 Å². The van der Waals surface area contributed by atoms with Gasteiger partial charge in [-0.1, -0.05) is 11.8 Å². The predicted molar refractivity (Wildman–Crippen MR) is 66.3 cm³/mol. The molecule has 1 aliphatic heterocycles. The molecular weight excluding hydrogens is 236 g/mol. The highest BCUT2D eigenvalue weighted by Gasteiger charge is 2.30. The van der Waals surface area contributed by atoms with Crippen molar-refractivity contribution in [2.75, 3.05) is 6.54 Å². The molecule has 2 heterocycles. The fraction of sp³-hybridized carbons (Fsp3) is 0.417. The molecule has 0 N–H and O–H groups in total. The van der Waals surface area contributed by atoms with E-state index in [9.17, 15) is 9.59 Å². The Morgan fingerprint density at radius 2 is 2.24 bits per heavy atom. The summed E-state index contributed by atoms with van der Waals surface area (Å²) in [5, 5.41) is 0.190. The molecule has 1 fully saturated rings. The number of hydrogen-bond acceptors (Lipinski definition) is 4. The van der Waals surface area contributed by atoms with Crippen molar-refractivity contribution in [2.45, 2.75) is 25.1 Å². The van der Waals surface area contributed by atoms with Gasteiger partial charge in [-0.15, -0.1) is 0 Å². The summed E-state index contributed by atoms with van der Waals surface area (Å²) in [4.78, 5) is 28.5. The number of thioether (sulfide) groups is 1. The summed E-state index contributed by atoms with van der Waals surface area (Å²) in [7, 11) is 0. The van der Waals surface area contributed by atoms with E-state index in [0.717, 1.165) is 5.56 Å². The van der Waals surface area contributed by atoms with E-state index in [-0.39, 0.29) is 16.3 Å². The molecule has 1 aliphatic rings. The fourth-order valence-electron chi connectivity index (χ4n) is 1.91. The van der Waals surface area contributed by atoms with E-state index >= 15 is 0 Å². The van der Waals surface area contributed by atoms with Crippen LogP contribution in [0.4, 0.5) is 0 Å². The van der Waals surface area contributed by atoms with Crippen LogP contribution in [0.3, 0.4) is 0 Å². The number of pyridine rings is 1. The van der Waals surface area contributed by atoms with Gasteiger partial charge in [0, 0.05) is 44.1 Å². The van der Waals surface area contributed by atoms with Gasteiger partial charge in [-0.05, 0) is 17.7 Å². The Hall–Kier alpha value is -1.36. The molecule has 4 nitrogen and oxygen atoms in total. The van der Waals surface area contributed by atoms with Crippen LogP contribution in [-0.4, -0.2) is 32.7 Å². The maximum absolute atomic E-state index is 11.8. The van der Waals surface area contributed by atoms with Crippen LogP contribution in [0, 0.1) is 0 Å². The molecule has 1 aromatic heterocycles. The minimum atomic E-state index is 0.0774. The highest BCUT2D eigenvalue weighted by Crippen LogP contribution is 2.25. The van der Waals surface area contributed by atoms with Gasteiger partial charge in [0.25, 0.3) is 0 Å². The highest BCUT2D eigenvalue weighted by molar-refractivity contribution is 8.14. The van der Waals surface area contributed by atoms with Crippen LogP contribution in [0.25, 0.3) is 0 Å². The normalized spacial score (nSPS) is 19.7. The van der Waals surface area contributed by atoms with Gasteiger partial charge in [-0.3, -0.25) is 14.6 Å². The molecule has 0 saturated carbocycles. The van der Waals surface area contributed by atoms with E-state index < -0.39 is 0 Å². The third-order valence-corrected chi connectivity index (χ3v) is 3.62. The van der Waals surface area contributed by atoms with Crippen molar-refractivity contribution in [2.24, 2.45) is 0 Å². The third-order valence-electron chi connectivity index (χ3n) is 2.63. The Kier molecular flexibility index (Phi) is 3.78. The van der Waals surface area contributed by atoms with E-state index in [0.29, 0.717) is 19.5 Å². The first-order chi connectivity index (χ1) is 8.15. The molecule has 1 aromatic rings. The molecule has 0 radical (unpaired) electrons. The molecule has 0 aliphatic carbocycles. The van der Waals surface area contributed by atoms with Gasteiger partial charge in [-0.25, -0.2) is 0 Å². The number of carbonyl (C=O) groups excluding carboxylic acids is 2. The highest BCUT2D eigenvalue weighted by atomic mass is 32.2. The van der Waals surface area contributed by atoms with Gasteiger partial charge in [0.15, 0.2) is 5.12 Å². The maximum Gasteiger partial charge on any atom is 0.224 e. The maximum atomic E-state index is 11.8. The van der Waals surface area contributed by atoms with Gasteiger partial charge in [0.1, 0.15) is 0 Å². The molecular formula is C12H14N2O2S. The summed E-state index contributed by atoms with van der Waals surface area (Å²) in [5.41, 5.74) is 1.07. The SMILES string of the molecule is CC(=O)SC1CC(=O)N(Cc2ccncc2)C1. The van der Waals surface area contributed by atoms with Crippen molar-refractivity contribution >= 4 is 22.8 Å². The van der Waals surface area contributed by atoms with Crippen molar-refractivity contribution in [1.82, 2.24) is 9.88 Å². The van der Waals surface area contributed by atoms with E-state index in [2.05, 4.69) is 4.98 Å². The summed E-state index contributed by atoms with van der Waals surface area (Å²) in [6, 6.07) is 3.80. The summed E-state index contributed by atoms with van der Waals surface area (Å²) in [5.74, 6) is 0.126. The molecule has 1 saturated heterocycles. The van der Waals surface area contributed by atoms with Crippen molar-refractivity contribution in [3.05, 3.63) is 30.1 Å². The number of hydrogen-bond donors (Lipinski definition) is 0. The van der Waals surface area contributed by atoms with E-state index in [1.165, 1.54) is 11.8 Å². The summed E-state index contributed by atoms with van der Waals surface area (Å²) in [6.45, 7) is 2.81. The molecule has 0 bridgehead atoms. The van der Waals surface area contributed by atoms with E-state index in [1.54, 1.807) is 24.2 Å². The van der Waals surface area contributed by atoms with Crippen molar-refractivity contribution in [3.8, 4) is 0 Å². The molecule has 0 spiro atoms. The minimum Gasteiger partial charge on any atom is -0.337 e. The van der Waals surface area contributed by atoms with Gasteiger partial charge < -0.3 is 4.90 Å². The second kappa shape index (κ2) is 5.31. The number of carbonyl (C=O) groups is 2. The van der Waals surface area contributed by atoms with Gasteiger partial charge >= 0.3 is 0 Å². The molecule has 0 aromatic carbocycles. The lowest BCUT2D eigenvalue weighted by atomic mass is 10.2. The number of likely N-dealkylation sites (tertiary alicyclic amines) is 1. The van der Waals surface area contributed by atoms with Gasteiger partial charge in [0.2, 0.25) is 5.91 Å². The second-order valence-corrected chi connectivity index (χ2v) is 5.54. The summed E-state index contributed by atoms with van der Waals surface area (Å²) < 4.78 is 0. The first-order valence-electron chi connectivity index (χ1n) is 5.49. The van der Waals surface area contributed by atoms with E-state index in [1.807, 2.05) is 12.1 Å². The van der Waals surface area contributed by atoms with Crippen LogP contribution in [0.2, 0.25) is 0 Å². The average Bonchev–Trinajstić information content (AvgIpc) is 2.59. The Bertz CT molecular complexity index is 422. The molecule has 1 atom stereocenters. The molecule has 17 heavy (non-hydrogen) atoms. The Balaban J connectivity index is 1.95. The Morgan fingerprint density at radius 1 is 1.53 bits per heavy atom. The summed E-state index contributed by atoms with van der Waals surface area (Å²) in [6.07, 6.45) is 3.91. The zero-order valence-electron chi connectivity index (χ0n) is 9.63. The van der Waals surface area contributed by atoms with Crippen molar-refractivity contribution in [1.29, 1.82) is 0 Å². The van der Waals surface area contributed by atoms with Crippen LogP contribution >= 0.6 is 11.8 Å². The topological polar surface area (TPSA) is 50.3 Å². The lowest BCUT2D eigenvalue weighted by molar-refractivity contribution is -0.128. The lowest BCUT2D eigenvalue weighted by Gasteiger charge is -2.16. The quantitative estimate of drug-likeness (QED) is 0.815. The predicted octanol–water partition coefficient (Wildman–Crippen LogP) is 1.46. The third kappa shape index (κ3) is 3.30. The Labute approximate surface area is 104 Å². The number of aromatic nitrogens is 1. The smallest absolute Gasteiger partial charge is 0.224 e. The molecule has 2 rings (SSSR count). The van der Waals surface area contributed by atoms with Crippen molar-refractivity contribution < 1.29 is 9.59 Å². The van der Waals surface area contributed by atoms with Gasteiger partial charge in [0.05, 0.1) is 0 Å². The number of amides is 1. The minimum absolute atomic E-state index is 0.0774. The van der Waals surface area contributed by atoms with Crippen LogP contribution < -0.4 is 0 Å². The largest absolute Gasteiger partial charge is 0.337 e. The lowest BCUT2D eigenvalue weighted by Crippen LogP contribution is -2.24. The first-order valence-corrected chi connectivity index (χ1v) is 6.37. The van der Waals surface area contributed by atoms with E-state index in [4.69, 9.17) is 0 Å².